The molecule has 138 valence electrons. The maximum Gasteiger partial charge on any atom is 0.270 e. The first kappa shape index (κ1) is 17.2. The minimum absolute atomic E-state index is 0.0607. The van der Waals surface area contributed by atoms with E-state index in [4.69, 9.17) is 4.74 Å². The molecule has 4 heterocycles. The number of pyridine rings is 1. The topological polar surface area (TPSA) is 72.3 Å². The summed E-state index contributed by atoms with van der Waals surface area (Å²) in [6, 6.07) is 5.43. The summed E-state index contributed by atoms with van der Waals surface area (Å²) in [5, 5.41) is 3.07. The fourth-order valence-electron chi connectivity index (χ4n) is 3.91. The van der Waals surface area contributed by atoms with E-state index in [2.05, 4.69) is 24.8 Å². The zero-order chi connectivity index (χ0) is 18.0. The highest BCUT2D eigenvalue weighted by atomic mass is 16.5. The van der Waals surface area contributed by atoms with Gasteiger partial charge in [0, 0.05) is 38.7 Å². The first-order valence-corrected chi connectivity index (χ1v) is 9.18. The van der Waals surface area contributed by atoms with Crippen molar-refractivity contribution in [3.8, 4) is 0 Å². The summed E-state index contributed by atoms with van der Waals surface area (Å²) < 4.78 is 8.22. The number of ether oxygens (including phenoxy) is 1. The Morgan fingerprint density at radius 1 is 1.31 bits per heavy atom. The van der Waals surface area contributed by atoms with E-state index in [9.17, 15) is 4.79 Å². The van der Waals surface area contributed by atoms with E-state index in [1.165, 1.54) is 0 Å². The number of nitrogens with one attached hydrogen (secondary N) is 1. The SMILES string of the molecule is Cn1ccnc1CN1CCC2(CC1)CC(NC(=O)c1ccccn1)CO2. The van der Waals surface area contributed by atoms with Gasteiger partial charge in [-0.3, -0.25) is 14.7 Å². The second-order valence-corrected chi connectivity index (χ2v) is 7.31. The lowest BCUT2D eigenvalue weighted by Gasteiger charge is -2.38. The molecule has 1 atom stereocenters. The number of hydrogen-bond acceptors (Lipinski definition) is 5. The third-order valence-corrected chi connectivity index (χ3v) is 5.50. The molecule has 1 amide bonds. The first-order chi connectivity index (χ1) is 12.6. The van der Waals surface area contributed by atoms with Gasteiger partial charge in [0.25, 0.3) is 5.91 Å². The van der Waals surface area contributed by atoms with Crippen LogP contribution in [0, 0.1) is 0 Å². The fraction of sp³-hybridized carbons (Fsp3) is 0.526. The Kier molecular flexibility index (Phi) is 4.74. The van der Waals surface area contributed by atoms with Crippen LogP contribution in [0.15, 0.2) is 36.8 Å². The van der Waals surface area contributed by atoms with Crippen molar-refractivity contribution in [3.05, 3.63) is 48.3 Å². The maximum absolute atomic E-state index is 12.3. The standard InChI is InChI=1S/C19H25N5O2/c1-23-11-8-21-17(23)13-24-9-5-19(6-10-24)12-15(14-26-19)22-18(25)16-4-2-3-7-20-16/h2-4,7-8,11,15H,5-6,9-10,12-14H2,1H3,(H,22,25). The maximum atomic E-state index is 12.3. The van der Waals surface area contributed by atoms with Crippen LogP contribution >= 0.6 is 0 Å². The fourth-order valence-corrected chi connectivity index (χ4v) is 3.91. The molecule has 2 aliphatic rings. The van der Waals surface area contributed by atoms with Crippen molar-refractivity contribution in [1.82, 2.24) is 24.8 Å². The van der Waals surface area contributed by atoms with E-state index in [1.807, 2.05) is 31.6 Å². The van der Waals surface area contributed by atoms with E-state index < -0.39 is 0 Å². The number of likely N-dealkylation sites (tertiary alicyclic amines) is 1. The Bertz CT molecular complexity index is 752. The third-order valence-electron chi connectivity index (χ3n) is 5.50. The first-order valence-electron chi connectivity index (χ1n) is 9.18. The number of aromatic nitrogens is 3. The molecule has 1 spiro atoms. The molecular weight excluding hydrogens is 330 g/mol. The number of piperidine rings is 1. The number of amides is 1. The average Bonchev–Trinajstić information content (AvgIpc) is 3.24. The van der Waals surface area contributed by atoms with Crippen LogP contribution in [0.25, 0.3) is 0 Å². The lowest BCUT2D eigenvalue weighted by Crippen LogP contribution is -2.45. The van der Waals surface area contributed by atoms with Gasteiger partial charge in [0.2, 0.25) is 0 Å². The van der Waals surface area contributed by atoms with Crippen molar-refractivity contribution >= 4 is 5.91 Å². The molecule has 0 radical (unpaired) electrons. The highest BCUT2D eigenvalue weighted by Gasteiger charge is 2.43. The monoisotopic (exact) mass is 355 g/mol. The van der Waals surface area contributed by atoms with Gasteiger partial charge in [-0.1, -0.05) is 6.07 Å². The summed E-state index contributed by atoms with van der Waals surface area (Å²) in [5.74, 6) is 0.970. The minimum atomic E-state index is -0.122. The van der Waals surface area contributed by atoms with Gasteiger partial charge in [0.1, 0.15) is 11.5 Å². The zero-order valence-electron chi connectivity index (χ0n) is 15.1. The number of carbonyl (C=O) groups excluding carboxylic acids is 1. The highest BCUT2D eigenvalue weighted by Crippen LogP contribution is 2.36. The molecule has 1 unspecified atom stereocenters. The molecule has 2 aromatic rings. The molecule has 0 saturated carbocycles. The summed E-state index contributed by atoms with van der Waals surface area (Å²) in [7, 11) is 2.03. The van der Waals surface area contributed by atoms with Gasteiger partial charge >= 0.3 is 0 Å². The molecule has 7 nitrogen and oxygen atoms in total. The van der Waals surface area contributed by atoms with Gasteiger partial charge in [-0.2, -0.15) is 0 Å². The van der Waals surface area contributed by atoms with E-state index >= 15 is 0 Å². The van der Waals surface area contributed by atoms with Crippen LogP contribution in [-0.2, 0) is 18.3 Å². The van der Waals surface area contributed by atoms with Crippen molar-refractivity contribution in [3.63, 3.8) is 0 Å². The normalized spacial score (nSPS) is 22.6. The van der Waals surface area contributed by atoms with Gasteiger partial charge < -0.3 is 14.6 Å². The molecule has 1 N–H and O–H groups in total. The Labute approximate surface area is 153 Å². The summed E-state index contributed by atoms with van der Waals surface area (Å²) in [6.07, 6.45) is 8.33. The van der Waals surface area contributed by atoms with Crippen LogP contribution < -0.4 is 5.32 Å². The molecule has 2 fully saturated rings. The van der Waals surface area contributed by atoms with Gasteiger partial charge in [0.15, 0.2) is 0 Å². The Morgan fingerprint density at radius 3 is 2.85 bits per heavy atom. The van der Waals surface area contributed by atoms with Crippen LogP contribution in [0.5, 0.6) is 0 Å². The number of rotatable bonds is 4. The van der Waals surface area contributed by atoms with Crippen LogP contribution in [0.3, 0.4) is 0 Å². The molecule has 2 saturated heterocycles. The number of aryl methyl sites for hydroxylation is 1. The summed E-state index contributed by atoms with van der Waals surface area (Å²) in [6.45, 7) is 3.44. The van der Waals surface area contributed by atoms with E-state index in [0.29, 0.717) is 12.3 Å². The van der Waals surface area contributed by atoms with E-state index in [1.54, 1.807) is 12.3 Å². The van der Waals surface area contributed by atoms with Crippen molar-refractivity contribution in [2.45, 2.75) is 37.5 Å². The average molecular weight is 355 g/mol. The van der Waals surface area contributed by atoms with Crippen LogP contribution in [-0.4, -0.2) is 56.7 Å². The number of imidazole rings is 1. The van der Waals surface area contributed by atoms with E-state index in [0.717, 1.165) is 44.7 Å². The molecule has 0 aromatic carbocycles. The quantitative estimate of drug-likeness (QED) is 0.897. The Morgan fingerprint density at radius 2 is 2.15 bits per heavy atom. The van der Waals surface area contributed by atoms with E-state index in [-0.39, 0.29) is 17.6 Å². The summed E-state index contributed by atoms with van der Waals surface area (Å²) in [4.78, 5) is 23.2. The number of carbonyl (C=O) groups is 1. The second-order valence-electron chi connectivity index (χ2n) is 7.31. The summed E-state index contributed by atoms with van der Waals surface area (Å²) >= 11 is 0. The van der Waals surface area contributed by atoms with Gasteiger partial charge in [-0.25, -0.2) is 4.98 Å². The molecule has 7 heteroatoms. The molecule has 26 heavy (non-hydrogen) atoms. The number of hydrogen-bond donors (Lipinski definition) is 1. The number of nitrogens with zero attached hydrogens (tertiary/aromatic N) is 4. The van der Waals surface area contributed by atoms with Gasteiger partial charge in [-0.05, 0) is 31.4 Å². The predicted octanol–water partition coefficient (Wildman–Crippen LogP) is 1.37. The van der Waals surface area contributed by atoms with Crippen molar-refractivity contribution < 1.29 is 9.53 Å². The Hall–Kier alpha value is -2.25. The van der Waals surface area contributed by atoms with Gasteiger partial charge in [-0.15, -0.1) is 0 Å². The second kappa shape index (κ2) is 7.17. The molecule has 0 bridgehead atoms. The smallest absolute Gasteiger partial charge is 0.270 e. The molecule has 0 aliphatic carbocycles. The predicted molar refractivity (Wildman–Crippen MR) is 96.5 cm³/mol. The van der Waals surface area contributed by atoms with Crippen LogP contribution in [0.2, 0.25) is 0 Å². The summed E-state index contributed by atoms with van der Waals surface area (Å²) in [5.41, 5.74) is 0.360. The molecular formula is C19H25N5O2. The van der Waals surface area contributed by atoms with Crippen LogP contribution in [0.4, 0.5) is 0 Å². The highest BCUT2D eigenvalue weighted by molar-refractivity contribution is 5.92. The zero-order valence-corrected chi connectivity index (χ0v) is 15.1. The van der Waals surface area contributed by atoms with Gasteiger partial charge in [0.05, 0.1) is 24.8 Å². The van der Waals surface area contributed by atoms with Crippen molar-refractivity contribution in [1.29, 1.82) is 0 Å². The Balaban J connectivity index is 1.29. The largest absolute Gasteiger partial charge is 0.373 e. The third kappa shape index (κ3) is 3.64. The molecule has 2 aromatic heterocycles. The van der Waals surface area contributed by atoms with Crippen molar-refractivity contribution in [2.24, 2.45) is 7.05 Å². The molecule has 4 rings (SSSR count). The lowest BCUT2D eigenvalue weighted by molar-refractivity contribution is -0.0453. The lowest BCUT2D eigenvalue weighted by atomic mass is 9.87. The molecule has 2 aliphatic heterocycles. The van der Waals surface area contributed by atoms with Crippen molar-refractivity contribution in [2.75, 3.05) is 19.7 Å². The minimum Gasteiger partial charge on any atom is -0.373 e. The van der Waals surface area contributed by atoms with Crippen LogP contribution in [0.1, 0.15) is 35.6 Å².